The molecule has 4 nitrogen and oxygen atoms in total. The van der Waals surface area contributed by atoms with E-state index in [1.165, 1.54) is 18.7 Å². The number of amides is 1. The third-order valence-corrected chi connectivity index (χ3v) is 5.09. The van der Waals surface area contributed by atoms with Gasteiger partial charge in [0.05, 0.1) is 22.6 Å². The molecule has 3 unspecified atom stereocenters. The predicted octanol–water partition coefficient (Wildman–Crippen LogP) is 3.72. The molecule has 1 saturated carbocycles. The van der Waals surface area contributed by atoms with Gasteiger partial charge in [0, 0.05) is 18.9 Å². The summed E-state index contributed by atoms with van der Waals surface area (Å²) >= 11 is 0. The Morgan fingerprint density at radius 3 is 2.72 bits per heavy atom. The van der Waals surface area contributed by atoms with E-state index in [4.69, 9.17) is 0 Å². The van der Waals surface area contributed by atoms with Crippen LogP contribution in [0.2, 0.25) is 0 Å². The molecule has 25 heavy (non-hydrogen) atoms. The molecule has 1 aromatic heterocycles. The smallest absolute Gasteiger partial charge is 0.305 e. The number of alkyl halides is 3. The molecule has 2 heterocycles. The van der Waals surface area contributed by atoms with Crippen LogP contribution < -0.4 is 10.2 Å². The van der Waals surface area contributed by atoms with Gasteiger partial charge in [0.2, 0.25) is 0 Å². The highest BCUT2D eigenvalue weighted by Crippen LogP contribution is 2.54. The van der Waals surface area contributed by atoms with E-state index in [1.54, 1.807) is 12.1 Å². The van der Waals surface area contributed by atoms with E-state index in [2.05, 4.69) is 10.3 Å². The van der Waals surface area contributed by atoms with Gasteiger partial charge in [0.15, 0.2) is 0 Å². The lowest BCUT2D eigenvalue weighted by Gasteiger charge is -2.33. The van der Waals surface area contributed by atoms with E-state index in [-0.39, 0.29) is 11.8 Å². The van der Waals surface area contributed by atoms with Gasteiger partial charge in [-0.3, -0.25) is 15.1 Å². The first kappa shape index (κ1) is 18.2. The molecular formula is C18H24F3N3O. The van der Waals surface area contributed by atoms with Crippen molar-refractivity contribution in [3.05, 3.63) is 23.5 Å². The van der Waals surface area contributed by atoms with E-state index in [0.29, 0.717) is 23.6 Å². The zero-order valence-corrected chi connectivity index (χ0v) is 14.9. The van der Waals surface area contributed by atoms with Gasteiger partial charge >= 0.3 is 5.92 Å². The van der Waals surface area contributed by atoms with Crippen LogP contribution in [0.1, 0.15) is 57.8 Å². The summed E-state index contributed by atoms with van der Waals surface area (Å²) in [6, 6.07) is 3.35. The minimum Gasteiger partial charge on any atom is -0.305 e. The van der Waals surface area contributed by atoms with Crippen LogP contribution in [0.25, 0.3) is 0 Å². The van der Waals surface area contributed by atoms with Crippen molar-refractivity contribution in [3.8, 4) is 0 Å². The number of carbonyl (C=O) groups is 1. The van der Waals surface area contributed by atoms with Crippen LogP contribution in [-0.2, 0) is 10.3 Å². The monoisotopic (exact) mass is 355 g/mol. The Labute approximate surface area is 145 Å². The quantitative estimate of drug-likeness (QED) is 0.819. The molecule has 0 bridgehead atoms. The molecule has 1 aliphatic heterocycles. The minimum absolute atomic E-state index is 0.183. The second kappa shape index (κ2) is 5.97. The highest BCUT2D eigenvalue weighted by Gasteiger charge is 2.51. The van der Waals surface area contributed by atoms with Crippen LogP contribution in [0, 0.1) is 5.92 Å². The van der Waals surface area contributed by atoms with E-state index in [0.717, 1.165) is 6.42 Å². The molecule has 0 spiro atoms. The molecule has 1 aliphatic carbocycles. The largest absolute Gasteiger partial charge is 0.324 e. The Kier molecular flexibility index (Phi) is 4.34. The summed E-state index contributed by atoms with van der Waals surface area (Å²) < 4.78 is 41.2. The van der Waals surface area contributed by atoms with Gasteiger partial charge in [-0.05, 0) is 45.2 Å². The van der Waals surface area contributed by atoms with Crippen LogP contribution >= 0.6 is 0 Å². The molecule has 3 atom stereocenters. The van der Waals surface area contributed by atoms with Crippen molar-refractivity contribution in [2.24, 2.45) is 5.92 Å². The summed E-state index contributed by atoms with van der Waals surface area (Å²) in [7, 11) is 0. The van der Waals surface area contributed by atoms with Crippen molar-refractivity contribution < 1.29 is 18.0 Å². The van der Waals surface area contributed by atoms with Crippen molar-refractivity contribution in [1.29, 1.82) is 0 Å². The molecule has 1 fully saturated rings. The zero-order valence-electron chi connectivity index (χ0n) is 14.9. The normalized spacial score (nSPS) is 23.7. The summed E-state index contributed by atoms with van der Waals surface area (Å²) in [5.74, 6) is -4.15. The lowest BCUT2D eigenvalue weighted by Crippen LogP contribution is -2.46. The number of nitrogens with one attached hydrogen (secondary N) is 1. The van der Waals surface area contributed by atoms with E-state index in [1.807, 2.05) is 13.8 Å². The van der Waals surface area contributed by atoms with Crippen LogP contribution in [0.5, 0.6) is 0 Å². The highest BCUT2D eigenvalue weighted by atomic mass is 19.3. The maximum atomic E-state index is 13.9. The lowest BCUT2D eigenvalue weighted by molar-refractivity contribution is -0.142. The van der Waals surface area contributed by atoms with E-state index in [9.17, 15) is 18.0 Å². The molecule has 0 aromatic carbocycles. The number of anilines is 1. The van der Waals surface area contributed by atoms with Gasteiger partial charge in [-0.15, -0.1) is 0 Å². The number of pyridine rings is 1. The number of aromatic nitrogens is 1. The lowest BCUT2D eigenvalue weighted by atomic mass is 9.97. The molecule has 1 aromatic rings. The average Bonchev–Trinajstić information content (AvgIpc) is 3.31. The van der Waals surface area contributed by atoms with Crippen molar-refractivity contribution in [1.82, 2.24) is 10.3 Å². The first-order valence-electron chi connectivity index (χ1n) is 8.70. The number of hydrogen-bond acceptors (Lipinski definition) is 3. The number of carbonyl (C=O) groups excluding carboxylic acids is 1. The zero-order chi connectivity index (χ0) is 18.6. The topological polar surface area (TPSA) is 45.2 Å². The first-order chi connectivity index (χ1) is 11.6. The Balaban J connectivity index is 1.97. The van der Waals surface area contributed by atoms with Crippen molar-refractivity contribution >= 4 is 11.6 Å². The van der Waals surface area contributed by atoms with Gasteiger partial charge in [-0.1, -0.05) is 6.92 Å². The van der Waals surface area contributed by atoms with Gasteiger partial charge in [-0.25, -0.2) is 4.39 Å². The van der Waals surface area contributed by atoms with Gasteiger partial charge in [0.25, 0.3) is 5.91 Å². The average molecular weight is 355 g/mol. The molecule has 2 aliphatic rings. The summed E-state index contributed by atoms with van der Waals surface area (Å²) in [6.45, 7) is 6.66. The Hall–Kier alpha value is -1.63. The Bertz CT molecular complexity index is 690. The summed E-state index contributed by atoms with van der Waals surface area (Å²) in [5, 5.41) is 2.81. The fraction of sp³-hybridized carbons (Fsp3) is 0.667. The summed E-state index contributed by atoms with van der Waals surface area (Å²) in [4.78, 5) is 18.1. The fourth-order valence-electron chi connectivity index (χ4n) is 3.55. The molecule has 3 rings (SSSR count). The minimum atomic E-state index is -3.37. The third kappa shape index (κ3) is 3.26. The number of halogens is 3. The second-order valence-electron chi connectivity index (χ2n) is 7.56. The standard InChI is InChI=1S/C18H24F3N3O/c1-5-18(20,21)16(25)24-9-11-8-12(11)15-13(24)6-7-14(22-15)17(3,4)23-10(2)19/h6-7,10-12,23H,5,8-9H2,1-4H3. The molecule has 7 heteroatoms. The second-order valence-corrected chi connectivity index (χ2v) is 7.56. The van der Waals surface area contributed by atoms with Crippen molar-refractivity contribution in [3.63, 3.8) is 0 Å². The van der Waals surface area contributed by atoms with Crippen LogP contribution in [0.3, 0.4) is 0 Å². The maximum absolute atomic E-state index is 13.9. The number of hydrogen-bond donors (Lipinski definition) is 1. The molecule has 1 N–H and O–H groups in total. The molecular weight excluding hydrogens is 331 g/mol. The first-order valence-corrected chi connectivity index (χ1v) is 8.70. The third-order valence-electron chi connectivity index (χ3n) is 5.09. The van der Waals surface area contributed by atoms with Crippen LogP contribution in [-0.4, -0.2) is 29.7 Å². The fourth-order valence-corrected chi connectivity index (χ4v) is 3.55. The van der Waals surface area contributed by atoms with Crippen LogP contribution in [0.15, 0.2) is 12.1 Å². The van der Waals surface area contributed by atoms with E-state index < -0.39 is 30.1 Å². The summed E-state index contributed by atoms with van der Waals surface area (Å²) in [6.07, 6.45) is -0.885. The summed E-state index contributed by atoms with van der Waals surface area (Å²) in [5.41, 5.74) is 1.07. The molecule has 0 radical (unpaired) electrons. The maximum Gasteiger partial charge on any atom is 0.324 e. The Morgan fingerprint density at radius 1 is 1.44 bits per heavy atom. The molecule has 0 saturated heterocycles. The molecule has 1 amide bonds. The highest BCUT2D eigenvalue weighted by molar-refractivity contribution is 5.99. The SMILES string of the molecule is CCC(F)(F)C(=O)N1CC2CC2c2nc(C(C)(C)NC(C)F)ccc21. The van der Waals surface area contributed by atoms with E-state index >= 15 is 0 Å². The van der Waals surface area contributed by atoms with Gasteiger partial charge < -0.3 is 4.90 Å². The van der Waals surface area contributed by atoms with Crippen LogP contribution in [0.4, 0.5) is 18.9 Å². The number of fused-ring (bicyclic) bond motifs is 3. The molecule has 138 valence electrons. The van der Waals surface area contributed by atoms with Gasteiger partial charge in [0.1, 0.15) is 6.30 Å². The number of rotatable bonds is 5. The predicted molar refractivity (Wildman–Crippen MR) is 89.4 cm³/mol. The van der Waals surface area contributed by atoms with Crippen molar-refractivity contribution in [2.75, 3.05) is 11.4 Å². The Morgan fingerprint density at radius 2 is 2.12 bits per heavy atom. The van der Waals surface area contributed by atoms with Crippen molar-refractivity contribution in [2.45, 2.75) is 64.2 Å². The number of nitrogens with zero attached hydrogens (tertiary/aromatic N) is 2. The van der Waals surface area contributed by atoms with Gasteiger partial charge in [-0.2, -0.15) is 8.78 Å².